The highest BCUT2D eigenvalue weighted by Crippen LogP contribution is 2.26. The van der Waals surface area contributed by atoms with Gasteiger partial charge in [-0.2, -0.15) is 0 Å². The third-order valence-corrected chi connectivity index (χ3v) is 4.45. The fraction of sp³-hybridized carbons (Fsp3) is 0.214. The van der Waals surface area contributed by atoms with Gasteiger partial charge in [0, 0.05) is 10.3 Å². The van der Waals surface area contributed by atoms with Gasteiger partial charge in [-0.3, -0.25) is 0 Å². The topological polar surface area (TPSA) is 96.6 Å². The lowest BCUT2D eigenvalue weighted by molar-refractivity contribution is -0.304. The summed E-state index contributed by atoms with van der Waals surface area (Å²) in [5.41, 5.74) is 2.01. The van der Waals surface area contributed by atoms with Crippen molar-refractivity contribution in [2.24, 2.45) is 0 Å². The van der Waals surface area contributed by atoms with Crippen LogP contribution < -0.4 is 5.11 Å². The van der Waals surface area contributed by atoms with Crippen molar-refractivity contribution < 1.29 is 9.90 Å². The molecule has 7 nitrogen and oxygen atoms in total. The number of aromatic nitrogens is 5. The molecule has 0 spiro atoms. The number of halogens is 1. The van der Waals surface area contributed by atoms with Crippen LogP contribution in [0.25, 0.3) is 11.2 Å². The summed E-state index contributed by atoms with van der Waals surface area (Å²) in [6.45, 7) is 2.01. The number of carbonyl (C=O) groups is 1. The first-order valence-electron chi connectivity index (χ1n) is 6.71. The van der Waals surface area contributed by atoms with E-state index in [4.69, 9.17) is 11.6 Å². The molecule has 0 amide bonds. The zero-order chi connectivity index (χ0) is 16.4. The Kier molecular flexibility index (Phi) is 4.44. The van der Waals surface area contributed by atoms with Gasteiger partial charge in [-0.05, 0) is 24.6 Å². The molecule has 0 fully saturated rings. The SMILES string of the molecule is C[C@@H](Sc1ncnc2c1nnn2Cc1ccc(Cl)cc1)C(=O)[O-]. The largest absolute Gasteiger partial charge is 0.549 e. The summed E-state index contributed by atoms with van der Waals surface area (Å²) in [4.78, 5) is 19.2. The summed E-state index contributed by atoms with van der Waals surface area (Å²) in [6, 6.07) is 7.39. The van der Waals surface area contributed by atoms with E-state index in [0.29, 0.717) is 27.8 Å². The predicted molar refractivity (Wildman–Crippen MR) is 84.0 cm³/mol. The van der Waals surface area contributed by atoms with Crippen LogP contribution in [0, 0.1) is 0 Å². The Labute approximate surface area is 140 Å². The van der Waals surface area contributed by atoms with Crippen LogP contribution >= 0.6 is 23.4 Å². The van der Waals surface area contributed by atoms with Crippen LogP contribution in [0.2, 0.25) is 5.02 Å². The van der Waals surface area contributed by atoms with Gasteiger partial charge in [0.05, 0.1) is 12.5 Å². The molecule has 23 heavy (non-hydrogen) atoms. The summed E-state index contributed by atoms with van der Waals surface area (Å²) in [5, 5.41) is 19.4. The van der Waals surface area contributed by atoms with Crippen LogP contribution in [-0.2, 0) is 11.3 Å². The molecule has 2 aromatic heterocycles. The highest BCUT2D eigenvalue weighted by Gasteiger charge is 2.15. The second kappa shape index (κ2) is 6.51. The molecular formula is C14H11ClN5O2S-. The molecule has 2 heterocycles. The molecule has 3 aromatic rings. The summed E-state index contributed by atoms with van der Waals surface area (Å²) in [6.07, 6.45) is 1.37. The Balaban J connectivity index is 1.91. The lowest BCUT2D eigenvalue weighted by Crippen LogP contribution is -2.31. The number of thioether (sulfide) groups is 1. The van der Waals surface area contributed by atoms with Gasteiger partial charge in [0.2, 0.25) is 0 Å². The minimum absolute atomic E-state index is 0.467. The molecule has 0 unspecified atom stereocenters. The monoisotopic (exact) mass is 348 g/mol. The molecule has 0 aliphatic carbocycles. The fourth-order valence-corrected chi connectivity index (χ4v) is 2.85. The second-order valence-corrected chi connectivity index (χ2v) is 6.57. The lowest BCUT2D eigenvalue weighted by atomic mass is 10.2. The quantitative estimate of drug-likeness (QED) is 0.504. The van der Waals surface area contributed by atoms with Crippen LogP contribution in [0.4, 0.5) is 0 Å². The number of aliphatic carboxylic acids is 1. The summed E-state index contributed by atoms with van der Waals surface area (Å²) in [5.74, 6) is -1.16. The maximum Gasteiger partial charge on any atom is 0.183 e. The normalized spacial score (nSPS) is 12.4. The van der Waals surface area contributed by atoms with Crippen molar-refractivity contribution in [1.29, 1.82) is 0 Å². The standard InChI is InChI=1S/C14H12ClN5O2S/c1-8(14(21)22)23-13-11-12(16-7-17-13)20(19-18-11)6-9-2-4-10(15)5-3-9/h2-5,7-8H,6H2,1H3,(H,21,22)/p-1/t8-/m1/s1. The molecule has 118 valence electrons. The number of benzene rings is 1. The Bertz CT molecular complexity index is 852. The number of hydrogen-bond acceptors (Lipinski definition) is 7. The first-order chi connectivity index (χ1) is 11.0. The lowest BCUT2D eigenvalue weighted by Gasteiger charge is -2.10. The van der Waals surface area contributed by atoms with Crippen molar-refractivity contribution >= 4 is 40.5 Å². The number of rotatable bonds is 5. The van der Waals surface area contributed by atoms with E-state index in [9.17, 15) is 9.90 Å². The summed E-state index contributed by atoms with van der Waals surface area (Å²) >= 11 is 6.93. The van der Waals surface area contributed by atoms with Crippen LogP contribution in [-0.4, -0.2) is 36.2 Å². The molecule has 0 bridgehead atoms. The maximum atomic E-state index is 10.9. The molecular weight excluding hydrogens is 338 g/mol. The molecule has 0 aliphatic rings. The molecule has 0 radical (unpaired) electrons. The van der Waals surface area contributed by atoms with Crippen molar-refractivity contribution in [2.75, 3.05) is 0 Å². The van der Waals surface area contributed by atoms with Crippen molar-refractivity contribution in [3.05, 3.63) is 41.2 Å². The molecule has 3 rings (SSSR count). The number of nitrogens with zero attached hydrogens (tertiary/aromatic N) is 5. The van der Waals surface area contributed by atoms with Crippen molar-refractivity contribution in [1.82, 2.24) is 25.0 Å². The van der Waals surface area contributed by atoms with E-state index in [1.165, 1.54) is 13.3 Å². The highest BCUT2D eigenvalue weighted by molar-refractivity contribution is 8.00. The Morgan fingerprint density at radius 3 is 2.78 bits per heavy atom. The molecule has 0 aliphatic heterocycles. The van der Waals surface area contributed by atoms with Crippen molar-refractivity contribution in [3.63, 3.8) is 0 Å². The van der Waals surface area contributed by atoms with Gasteiger partial charge < -0.3 is 9.90 Å². The smallest absolute Gasteiger partial charge is 0.183 e. The average Bonchev–Trinajstić information content (AvgIpc) is 2.94. The van der Waals surface area contributed by atoms with E-state index in [0.717, 1.165) is 17.3 Å². The van der Waals surface area contributed by atoms with E-state index >= 15 is 0 Å². The molecule has 0 saturated heterocycles. The number of hydrogen-bond donors (Lipinski definition) is 0. The highest BCUT2D eigenvalue weighted by atomic mass is 35.5. The van der Waals surface area contributed by atoms with Gasteiger partial charge in [0.1, 0.15) is 11.4 Å². The van der Waals surface area contributed by atoms with E-state index in [1.54, 1.807) is 16.8 Å². The van der Waals surface area contributed by atoms with Crippen LogP contribution in [0.1, 0.15) is 12.5 Å². The molecule has 9 heteroatoms. The van der Waals surface area contributed by atoms with Crippen LogP contribution in [0.5, 0.6) is 0 Å². The van der Waals surface area contributed by atoms with Gasteiger partial charge >= 0.3 is 0 Å². The maximum absolute atomic E-state index is 10.9. The van der Waals surface area contributed by atoms with E-state index in [-0.39, 0.29) is 0 Å². The zero-order valence-electron chi connectivity index (χ0n) is 12.0. The first kappa shape index (κ1) is 15.7. The Hall–Kier alpha value is -2.19. The molecule has 0 N–H and O–H groups in total. The summed E-state index contributed by atoms with van der Waals surface area (Å²) < 4.78 is 1.63. The Morgan fingerprint density at radius 2 is 2.09 bits per heavy atom. The van der Waals surface area contributed by atoms with Gasteiger partial charge in [-0.15, -0.1) is 5.10 Å². The third-order valence-electron chi connectivity index (χ3n) is 3.13. The molecule has 1 aromatic carbocycles. The van der Waals surface area contributed by atoms with Gasteiger partial charge in [0.25, 0.3) is 0 Å². The molecule has 1 atom stereocenters. The van der Waals surface area contributed by atoms with E-state index in [2.05, 4.69) is 20.3 Å². The number of fused-ring (bicyclic) bond motifs is 1. The van der Waals surface area contributed by atoms with Gasteiger partial charge in [0.15, 0.2) is 11.2 Å². The minimum Gasteiger partial charge on any atom is -0.549 e. The van der Waals surface area contributed by atoms with Crippen molar-refractivity contribution in [2.45, 2.75) is 23.7 Å². The second-order valence-electron chi connectivity index (χ2n) is 4.80. The summed E-state index contributed by atoms with van der Waals surface area (Å²) in [7, 11) is 0. The number of carbonyl (C=O) groups excluding carboxylic acids is 1. The van der Waals surface area contributed by atoms with Crippen LogP contribution in [0.3, 0.4) is 0 Å². The zero-order valence-corrected chi connectivity index (χ0v) is 13.6. The number of carboxylic acid groups (broad SMARTS) is 1. The van der Waals surface area contributed by atoms with E-state index < -0.39 is 11.2 Å². The van der Waals surface area contributed by atoms with E-state index in [1.807, 2.05) is 12.1 Å². The molecule has 0 saturated carbocycles. The van der Waals surface area contributed by atoms with Crippen molar-refractivity contribution in [3.8, 4) is 0 Å². The van der Waals surface area contributed by atoms with Gasteiger partial charge in [-0.1, -0.05) is 40.7 Å². The average molecular weight is 349 g/mol. The first-order valence-corrected chi connectivity index (χ1v) is 7.96. The fourth-order valence-electron chi connectivity index (χ4n) is 1.94. The van der Waals surface area contributed by atoms with Gasteiger partial charge in [-0.25, -0.2) is 14.6 Å². The van der Waals surface area contributed by atoms with Crippen LogP contribution in [0.15, 0.2) is 35.6 Å². The minimum atomic E-state index is -1.16. The third kappa shape index (κ3) is 3.43. The Morgan fingerprint density at radius 1 is 1.35 bits per heavy atom. The number of carboxylic acids is 1. The predicted octanol–water partition coefficient (Wildman–Crippen LogP) is 1.15.